The van der Waals surface area contributed by atoms with Crippen molar-refractivity contribution in [1.29, 1.82) is 5.26 Å². The van der Waals surface area contributed by atoms with Crippen molar-refractivity contribution >= 4 is 5.97 Å². The number of benzene rings is 2. The van der Waals surface area contributed by atoms with Gasteiger partial charge in [-0.2, -0.15) is 5.26 Å². The molecular formula is C19H19NO2. The zero-order valence-corrected chi connectivity index (χ0v) is 13.1. The topological polar surface area (TPSA) is 61.1 Å². The molecule has 3 heteroatoms. The fourth-order valence-electron chi connectivity index (χ4n) is 2.83. The summed E-state index contributed by atoms with van der Waals surface area (Å²) < 4.78 is 0. The smallest absolute Gasteiger partial charge is 0.335 e. The highest BCUT2D eigenvalue weighted by Crippen LogP contribution is 2.25. The van der Waals surface area contributed by atoms with Gasteiger partial charge >= 0.3 is 5.97 Å². The largest absolute Gasteiger partial charge is 0.478 e. The van der Waals surface area contributed by atoms with Crippen LogP contribution in [-0.2, 0) is 6.42 Å². The van der Waals surface area contributed by atoms with Crippen LogP contribution in [0.5, 0.6) is 0 Å². The lowest BCUT2D eigenvalue weighted by molar-refractivity contribution is 0.0697. The molecule has 22 heavy (non-hydrogen) atoms. The normalized spacial score (nSPS) is 11.7. The second-order valence-corrected chi connectivity index (χ2v) is 5.69. The lowest BCUT2D eigenvalue weighted by Gasteiger charge is -2.15. The maximum absolute atomic E-state index is 10.9. The molecule has 2 aromatic carbocycles. The maximum atomic E-state index is 10.9. The SMILES string of the molecule is Cc1cc(C)c(CC(C#N)c2ccc(C(=O)O)cc2)c(C)c1. The molecule has 0 spiro atoms. The summed E-state index contributed by atoms with van der Waals surface area (Å²) in [6.07, 6.45) is 0.640. The van der Waals surface area contributed by atoms with E-state index in [2.05, 4.69) is 39.0 Å². The van der Waals surface area contributed by atoms with Crippen molar-refractivity contribution in [3.05, 3.63) is 69.8 Å². The van der Waals surface area contributed by atoms with Crippen LogP contribution in [0.3, 0.4) is 0 Å². The van der Waals surface area contributed by atoms with Crippen LogP contribution in [0.25, 0.3) is 0 Å². The number of nitrogens with zero attached hydrogens (tertiary/aromatic N) is 1. The third kappa shape index (κ3) is 3.35. The van der Waals surface area contributed by atoms with Gasteiger partial charge in [0.25, 0.3) is 0 Å². The van der Waals surface area contributed by atoms with Crippen molar-refractivity contribution < 1.29 is 9.90 Å². The van der Waals surface area contributed by atoms with E-state index in [4.69, 9.17) is 5.11 Å². The first-order chi connectivity index (χ1) is 10.4. The summed E-state index contributed by atoms with van der Waals surface area (Å²) >= 11 is 0. The Kier molecular flexibility index (Phi) is 4.62. The molecule has 112 valence electrons. The van der Waals surface area contributed by atoms with E-state index >= 15 is 0 Å². The first kappa shape index (κ1) is 15.8. The number of rotatable bonds is 4. The third-order valence-electron chi connectivity index (χ3n) is 3.96. The van der Waals surface area contributed by atoms with E-state index in [-0.39, 0.29) is 11.5 Å². The van der Waals surface area contributed by atoms with Crippen LogP contribution in [0.15, 0.2) is 36.4 Å². The summed E-state index contributed by atoms with van der Waals surface area (Å²) in [6, 6.07) is 13.2. The molecule has 0 saturated carbocycles. The lowest BCUT2D eigenvalue weighted by atomic mass is 9.88. The fraction of sp³-hybridized carbons (Fsp3) is 0.263. The zero-order valence-electron chi connectivity index (χ0n) is 13.1. The minimum atomic E-state index is -0.953. The number of aromatic carboxylic acids is 1. The van der Waals surface area contributed by atoms with Crippen LogP contribution in [-0.4, -0.2) is 11.1 Å². The predicted molar refractivity (Wildman–Crippen MR) is 86.1 cm³/mol. The summed E-state index contributed by atoms with van der Waals surface area (Å²) in [4.78, 5) is 10.9. The number of nitriles is 1. The van der Waals surface area contributed by atoms with E-state index in [9.17, 15) is 10.1 Å². The molecule has 0 amide bonds. The second kappa shape index (κ2) is 6.44. The Labute approximate surface area is 130 Å². The molecule has 0 heterocycles. The molecule has 0 aliphatic heterocycles. The molecule has 2 rings (SSSR count). The minimum Gasteiger partial charge on any atom is -0.478 e. The highest BCUT2D eigenvalue weighted by Gasteiger charge is 2.15. The Morgan fingerprint density at radius 3 is 2.14 bits per heavy atom. The molecule has 0 aliphatic carbocycles. The molecule has 3 nitrogen and oxygen atoms in total. The number of aryl methyl sites for hydroxylation is 3. The summed E-state index contributed by atoms with van der Waals surface area (Å²) in [5, 5.41) is 18.4. The molecule has 1 unspecified atom stereocenters. The molecule has 2 aromatic rings. The van der Waals surface area contributed by atoms with Gasteiger partial charge < -0.3 is 5.11 Å². The molecule has 0 aromatic heterocycles. The molecule has 1 N–H and O–H groups in total. The highest BCUT2D eigenvalue weighted by atomic mass is 16.4. The third-order valence-corrected chi connectivity index (χ3v) is 3.96. The molecule has 0 fully saturated rings. The Morgan fingerprint density at radius 1 is 1.14 bits per heavy atom. The molecule has 0 saturated heterocycles. The average molecular weight is 293 g/mol. The molecular weight excluding hydrogens is 274 g/mol. The fourth-order valence-corrected chi connectivity index (χ4v) is 2.83. The van der Waals surface area contributed by atoms with E-state index in [1.807, 2.05) is 0 Å². The van der Waals surface area contributed by atoms with E-state index in [0.29, 0.717) is 6.42 Å². The van der Waals surface area contributed by atoms with Crippen molar-refractivity contribution in [2.45, 2.75) is 33.1 Å². The second-order valence-electron chi connectivity index (χ2n) is 5.69. The number of carbonyl (C=O) groups is 1. The Morgan fingerprint density at radius 2 is 1.68 bits per heavy atom. The van der Waals surface area contributed by atoms with Gasteiger partial charge in [-0.3, -0.25) is 0 Å². The van der Waals surface area contributed by atoms with E-state index in [0.717, 1.165) is 5.56 Å². The standard InChI is InChI=1S/C19H19NO2/c1-12-8-13(2)18(14(3)9-12)10-17(11-20)15-4-6-16(7-5-15)19(21)22/h4-9,17H,10H2,1-3H3,(H,21,22). The van der Waals surface area contributed by atoms with Crippen molar-refractivity contribution in [3.63, 3.8) is 0 Å². The lowest BCUT2D eigenvalue weighted by Crippen LogP contribution is -2.05. The van der Waals surface area contributed by atoms with Crippen molar-refractivity contribution in [2.75, 3.05) is 0 Å². The zero-order chi connectivity index (χ0) is 16.3. The number of hydrogen-bond acceptors (Lipinski definition) is 2. The van der Waals surface area contributed by atoms with Crippen molar-refractivity contribution in [3.8, 4) is 6.07 Å². The van der Waals surface area contributed by atoms with Crippen LogP contribution >= 0.6 is 0 Å². The number of hydrogen-bond donors (Lipinski definition) is 1. The van der Waals surface area contributed by atoms with Gasteiger partial charge in [0, 0.05) is 0 Å². The predicted octanol–water partition coefficient (Wildman–Crippen LogP) is 4.16. The first-order valence-electron chi connectivity index (χ1n) is 7.22. The van der Waals surface area contributed by atoms with Gasteiger partial charge in [0.2, 0.25) is 0 Å². The first-order valence-corrected chi connectivity index (χ1v) is 7.22. The molecule has 0 radical (unpaired) electrons. The average Bonchev–Trinajstić information content (AvgIpc) is 2.47. The van der Waals surface area contributed by atoms with Gasteiger partial charge in [0.1, 0.15) is 0 Å². The summed E-state index contributed by atoms with van der Waals surface area (Å²) in [5.41, 5.74) is 5.90. The van der Waals surface area contributed by atoms with Crippen LogP contribution < -0.4 is 0 Å². The minimum absolute atomic E-state index is 0.239. The van der Waals surface area contributed by atoms with Crippen molar-refractivity contribution in [1.82, 2.24) is 0 Å². The maximum Gasteiger partial charge on any atom is 0.335 e. The van der Waals surface area contributed by atoms with Gasteiger partial charge in [0.05, 0.1) is 17.6 Å². The molecule has 1 atom stereocenters. The summed E-state index contributed by atoms with van der Waals surface area (Å²) in [5.74, 6) is -1.23. The van der Waals surface area contributed by atoms with Crippen LogP contribution in [0.1, 0.15) is 44.1 Å². The van der Waals surface area contributed by atoms with E-state index in [1.54, 1.807) is 24.3 Å². The highest BCUT2D eigenvalue weighted by molar-refractivity contribution is 5.87. The van der Waals surface area contributed by atoms with Gasteiger partial charge in [-0.15, -0.1) is 0 Å². The van der Waals surface area contributed by atoms with Crippen molar-refractivity contribution in [2.24, 2.45) is 0 Å². The van der Waals surface area contributed by atoms with E-state index in [1.165, 1.54) is 22.3 Å². The van der Waals surface area contributed by atoms with Gasteiger partial charge in [0.15, 0.2) is 0 Å². The van der Waals surface area contributed by atoms with Gasteiger partial charge in [-0.05, 0) is 61.6 Å². The molecule has 0 aliphatic rings. The Balaban J connectivity index is 2.30. The monoisotopic (exact) mass is 293 g/mol. The quantitative estimate of drug-likeness (QED) is 0.920. The van der Waals surface area contributed by atoms with Crippen LogP contribution in [0.2, 0.25) is 0 Å². The number of carboxylic acids is 1. The number of carboxylic acid groups (broad SMARTS) is 1. The van der Waals surface area contributed by atoms with Gasteiger partial charge in [-0.1, -0.05) is 29.8 Å². The van der Waals surface area contributed by atoms with Crippen LogP contribution in [0.4, 0.5) is 0 Å². The van der Waals surface area contributed by atoms with Gasteiger partial charge in [-0.25, -0.2) is 4.79 Å². The Bertz CT molecular complexity index is 716. The Hall–Kier alpha value is -2.60. The summed E-state index contributed by atoms with van der Waals surface area (Å²) in [7, 11) is 0. The summed E-state index contributed by atoms with van der Waals surface area (Å²) in [6.45, 7) is 6.20. The molecule has 0 bridgehead atoms. The van der Waals surface area contributed by atoms with E-state index < -0.39 is 5.97 Å². The van der Waals surface area contributed by atoms with Crippen LogP contribution in [0, 0.1) is 32.1 Å².